The first-order chi connectivity index (χ1) is 31.0. The number of hydrogen-bond acceptors (Lipinski definition) is 2. The summed E-state index contributed by atoms with van der Waals surface area (Å²) in [6, 6.07) is 72.3. The molecule has 0 radical (unpaired) electrons. The van der Waals surface area contributed by atoms with Crippen molar-refractivity contribution in [2.24, 2.45) is 9.98 Å². The lowest BCUT2D eigenvalue weighted by Crippen LogP contribution is -2.08. The van der Waals surface area contributed by atoms with Crippen LogP contribution in [0.15, 0.2) is 233 Å². The van der Waals surface area contributed by atoms with Gasteiger partial charge in [-0.15, -0.1) is 0 Å². The Balaban J connectivity index is 1.12. The molecule has 0 amide bonds. The van der Waals surface area contributed by atoms with E-state index >= 15 is 0 Å². The third kappa shape index (κ3) is 6.92. The normalized spacial score (nSPS) is 12.8. The second-order valence-electron chi connectivity index (χ2n) is 16.4. The Labute approximate surface area is 366 Å². The maximum atomic E-state index is 6.75. The minimum atomic E-state index is -0.448. The van der Waals surface area contributed by atoms with E-state index < -0.39 is 6.04 Å². The Morgan fingerprint density at radius 1 is 0.492 bits per heavy atom. The van der Waals surface area contributed by atoms with Gasteiger partial charge in [-0.2, -0.15) is 0 Å². The van der Waals surface area contributed by atoms with E-state index in [1.807, 2.05) is 24.3 Å². The Hall–Kier alpha value is -8.08. The predicted octanol–water partition coefficient (Wildman–Crippen LogP) is 15.7. The Morgan fingerprint density at radius 2 is 1.05 bits per heavy atom. The molecule has 63 heavy (non-hydrogen) atoms. The van der Waals surface area contributed by atoms with Crippen molar-refractivity contribution in [1.82, 2.24) is 4.57 Å². The van der Waals surface area contributed by atoms with Gasteiger partial charge in [0.1, 0.15) is 11.2 Å². The van der Waals surface area contributed by atoms with Crippen LogP contribution in [0.3, 0.4) is 0 Å². The van der Waals surface area contributed by atoms with E-state index in [0.29, 0.717) is 5.84 Å². The molecule has 0 saturated heterocycles. The third-order valence-corrected chi connectivity index (χ3v) is 12.2. The highest BCUT2D eigenvalue weighted by atomic mass is 16.3. The monoisotopic (exact) mass is 809 g/mol. The first kappa shape index (κ1) is 37.9. The Morgan fingerprint density at radius 3 is 1.71 bits per heavy atom. The van der Waals surface area contributed by atoms with E-state index in [4.69, 9.17) is 14.4 Å². The molecule has 2 heterocycles. The smallest absolute Gasteiger partial charge is 0.155 e. The predicted molar refractivity (Wildman–Crippen MR) is 266 cm³/mol. The van der Waals surface area contributed by atoms with Crippen LogP contribution >= 0.6 is 0 Å². The number of nitrogens with zero attached hydrogens (tertiary/aromatic N) is 3. The summed E-state index contributed by atoms with van der Waals surface area (Å²) in [7, 11) is 0. The van der Waals surface area contributed by atoms with Crippen LogP contribution < -0.4 is 0 Å². The van der Waals surface area contributed by atoms with Gasteiger partial charge in [-0.25, -0.2) is 4.99 Å². The average molecular weight is 810 g/mol. The lowest BCUT2D eigenvalue weighted by Gasteiger charge is -2.18. The fraction of sp³-hybridized carbons (Fsp3) is 0.0508. The van der Waals surface area contributed by atoms with Gasteiger partial charge in [0.2, 0.25) is 0 Å². The summed E-state index contributed by atoms with van der Waals surface area (Å²) >= 11 is 0. The molecular formula is C59H43N3O. The summed E-state index contributed by atoms with van der Waals surface area (Å²) < 4.78 is 9.16. The van der Waals surface area contributed by atoms with Crippen LogP contribution in [0.1, 0.15) is 36.6 Å². The van der Waals surface area contributed by atoms with Crippen molar-refractivity contribution >= 4 is 66.1 Å². The molecule has 0 saturated carbocycles. The summed E-state index contributed by atoms with van der Waals surface area (Å²) in [5.41, 5.74) is 14.2. The third-order valence-electron chi connectivity index (χ3n) is 12.2. The van der Waals surface area contributed by atoms with Gasteiger partial charge >= 0.3 is 0 Å². The summed E-state index contributed by atoms with van der Waals surface area (Å²) in [6.45, 7) is 8.68. The van der Waals surface area contributed by atoms with Crippen molar-refractivity contribution in [1.29, 1.82) is 0 Å². The second-order valence-corrected chi connectivity index (χ2v) is 16.4. The molecule has 0 aliphatic rings. The van der Waals surface area contributed by atoms with Crippen LogP contribution in [-0.4, -0.2) is 16.1 Å². The molecule has 0 bridgehead atoms. The number of para-hydroxylation sites is 2. The lowest BCUT2D eigenvalue weighted by molar-refractivity contribution is 0.667. The zero-order valence-electron chi connectivity index (χ0n) is 35.2. The summed E-state index contributed by atoms with van der Waals surface area (Å²) in [5.74, 6) is 0.627. The van der Waals surface area contributed by atoms with Gasteiger partial charge in [0.05, 0.1) is 28.1 Å². The van der Waals surface area contributed by atoms with E-state index in [1.54, 1.807) is 0 Å². The highest BCUT2D eigenvalue weighted by molar-refractivity contribution is 6.17. The summed E-state index contributed by atoms with van der Waals surface area (Å²) in [4.78, 5) is 10.9. The molecule has 0 aliphatic heterocycles. The molecule has 2 aromatic heterocycles. The molecule has 0 aliphatic carbocycles. The minimum Gasteiger partial charge on any atom is -0.456 e. The van der Waals surface area contributed by atoms with Crippen molar-refractivity contribution in [3.8, 4) is 27.9 Å². The van der Waals surface area contributed by atoms with E-state index in [9.17, 15) is 0 Å². The molecule has 0 N–H and O–H groups in total. The van der Waals surface area contributed by atoms with Gasteiger partial charge < -0.3 is 8.98 Å². The maximum absolute atomic E-state index is 6.75. The zero-order valence-corrected chi connectivity index (χ0v) is 35.2. The molecule has 1 atom stereocenters. The molecule has 0 spiro atoms. The lowest BCUT2D eigenvalue weighted by atomic mass is 9.97. The van der Waals surface area contributed by atoms with Crippen LogP contribution in [0.5, 0.6) is 0 Å². The summed E-state index contributed by atoms with van der Waals surface area (Å²) in [6.07, 6.45) is 0. The van der Waals surface area contributed by atoms with Crippen molar-refractivity contribution < 1.29 is 4.42 Å². The first-order valence-electron chi connectivity index (χ1n) is 21.4. The van der Waals surface area contributed by atoms with Gasteiger partial charge in [0.15, 0.2) is 5.84 Å². The fourth-order valence-electron chi connectivity index (χ4n) is 9.06. The van der Waals surface area contributed by atoms with Gasteiger partial charge in [-0.1, -0.05) is 182 Å². The van der Waals surface area contributed by atoms with Gasteiger partial charge in [0.25, 0.3) is 0 Å². The van der Waals surface area contributed by atoms with Crippen molar-refractivity contribution in [2.45, 2.75) is 19.9 Å². The number of hydrogen-bond donors (Lipinski definition) is 0. The minimum absolute atomic E-state index is 0.448. The SMILES string of the molecule is C=C(C)C(/N=C(\N=C(/C)c1ccc(-c2ccccc2)cc1)c1ccc(-c2ccccc2)cc1)c1cc(-n2c3ccccc3c3cc4ccccc4cc32)c2c(c1)oc1ccccc12. The van der Waals surface area contributed by atoms with Crippen LogP contribution in [0.25, 0.3) is 82.5 Å². The largest absolute Gasteiger partial charge is 0.456 e. The molecule has 4 nitrogen and oxygen atoms in total. The average Bonchev–Trinajstić information content (AvgIpc) is 3.87. The number of rotatable bonds is 8. The van der Waals surface area contributed by atoms with E-state index in [-0.39, 0.29) is 0 Å². The molecule has 11 rings (SSSR count). The van der Waals surface area contributed by atoms with Gasteiger partial charge in [-0.05, 0) is 94.4 Å². The molecule has 0 fully saturated rings. The van der Waals surface area contributed by atoms with Crippen molar-refractivity contribution in [2.75, 3.05) is 0 Å². The van der Waals surface area contributed by atoms with E-state index in [0.717, 1.165) is 83.3 Å². The fourth-order valence-corrected chi connectivity index (χ4v) is 9.06. The van der Waals surface area contributed by atoms with Crippen molar-refractivity contribution in [3.05, 3.63) is 235 Å². The van der Waals surface area contributed by atoms with E-state index in [2.05, 4.69) is 207 Å². The highest BCUT2D eigenvalue weighted by Gasteiger charge is 2.23. The highest BCUT2D eigenvalue weighted by Crippen LogP contribution is 2.42. The number of furan rings is 1. The number of aromatic nitrogens is 1. The molecule has 9 aromatic carbocycles. The maximum Gasteiger partial charge on any atom is 0.155 e. The summed E-state index contributed by atoms with van der Waals surface area (Å²) in [5, 5.41) is 6.92. The number of fused-ring (bicyclic) bond motifs is 7. The molecule has 4 heteroatoms. The zero-order chi connectivity index (χ0) is 42.4. The van der Waals surface area contributed by atoms with Crippen LogP contribution in [-0.2, 0) is 0 Å². The number of aliphatic imine (C=N–C) groups is 2. The molecule has 300 valence electrons. The molecular weight excluding hydrogens is 767 g/mol. The standard InChI is InChI=1S/C59H43N3O/c1-38(2)58(61-59(45-32-30-44(31-33-45)42-18-8-5-9-19-42)60-39(3)40-26-28-43(29-27-40)41-16-6-4-7-17-41)48-36-54(57-50-23-13-15-25-55(50)63-56(57)37-48)62-52-24-14-12-22-49(52)51-34-46-20-10-11-21-47(46)35-53(51)62/h4-37,58H,1H2,2-3H3/b60-39+,61-59-. The first-order valence-corrected chi connectivity index (χ1v) is 21.4. The topological polar surface area (TPSA) is 42.8 Å². The molecule has 11 aromatic rings. The number of benzene rings is 9. The molecule has 1 unspecified atom stereocenters. The van der Waals surface area contributed by atoms with Crippen LogP contribution in [0.2, 0.25) is 0 Å². The second kappa shape index (κ2) is 15.7. The Kier molecular flexibility index (Phi) is 9.47. The Bertz CT molecular complexity index is 3570. The van der Waals surface area contributed by atoms with E-state index in [1.165, 1.54) is 27.1 Å². The number of amidine groups is 1. The van der Waals surface area contributed by atoms with Crippen LogP contribution in [0, 0.1) is 0 Å². The van der Waals surface area contributed by atoms with Gasteiger partial charge in [0, 0.05) is 27.4 Å². The van der Waals surface area contributed by atoms with Crippen LogP contribution in [0.4, 0.5) is 0 Å². The van der Waals surface area contributed by atoms with Crippen molar-refractivity contribution in [3.63, 3.8) is 0 Å². The van der Waals surface area contributed by atoms with Gasteiger partial charge in [-0.3, -0.25) is 4.99 Å². The quantitative estimate of drug-likeness (QED) is 0.0856.